The van der Waals surface area contributed by atoms with E-state index in [1.165, 1.54) is 13.2 Å². The van der Waals surface area contributed by atoms with E-state index in [2.05, 4.69) is 5.32 Å². The summed E-state index contributed by atoms with van der Waals surface area (Å²) in [6.07, 6.45) is 6.81. The minimum absolute atomic E-state index is 0.0202. The van der Waals surface area contributed by atoms with Crippen LogP contribution in [0.15, 0.2) is 47.1 Å². The summed E-state index contributed by atoms with van der Waals surface area (Å²) in [6, 6.07) is 1.23. The summed E-state index contributed by atoms with van der Waals surface area (Å²) < 4.78 is 22.5. The van der Waals surface area contributed by atoms with Crippen molar-refractivity contribution in [1.82, 2.24) is 0 Å². The number of allylic oxidation sites excluding steroid dienone is 2. The van der Waals surface area contributed by atoms with E-state index in [0.717, 1.165) is 11.1 Å². The molecule has 220 valence electrons. The molecule has 0 aliphatic carbocycles. The van der Waals surface area contributed by atoms with Crippen LogP contribution in [-0.2, 0) is 19.0 Å². The zero-order chi connectivity index (χ0) is 30.1. The van der Waals surface area contributed by atoms with Gasteiger partial charge in [0, 0.05) is 37.7 Å². The number of phenolic OH excluding ortho intramolecular Hbond substituents is 2. The number of methoxy groups -OCH3 is 3. The maximum Gasteiger partial charge on any atom is 0.405 e. The minimum atomic E-state index is -0.894. The minimum Gasteiger partial charge on any atom is -0.505 e. The van der Waals surface area contributed by atoms with E-state index < -0.39 is 24.2 Å². The van der Waals surface area contributed by atoms with E-state index in [9.17, 15) is 19.8 Å². The highest BCUT2D eigenvalue weighted by molar-refractivity contribution is 6.05. The van der Waals surface area contributed by atoms with E-state index in [-0.39, 0.29) is 46.4 Å². The van der Waals surface area contributed by atoms with Crippen molar-refractivity contribution in [2.45, 2.75) is 59.4 Å². The van der Waals surface area contributed by atoms with E-state index in [0.29, 0.717) is 12.0 Å². The first-order valence-electron chi connectivity index (χ1n) is 13.0. The molecule has 0 saturated heterocycles. The molecule has 10 nitrogen and oxygen atoms in total. The largest absolute Gasteiger partial charge is 0.505 e. The van der Waals surface area contributed by atoms with Crippen LogP contribution < -0.4 is 15.8 Å². The van der Waals surface area contributed by atoms with Crippen molar-refractivity contribution in [3.8, 4) is 17.2 Å². The zero-order valence-corrected chi connectivity index (χ0v) is 24.5. The first-order valence-corrected chi connectivity index (χ1v) is 13.0. The molecule has 1 aromatic carbocycles. The number of anilines is 1. The molecule has 2 amide bonds. The third-order valence-corrected chi connectivity index (χ3v) is 6.91. The van der Waals surface area contributed by atoms with Crippen LogP contribution in [0.25, 0.3) is 6.08 Å². The average molecular weight is 559 g/mol. The Labute approximate surface area is 236 Å². The first-order chi connectivity index (χ1) is 18.8. The lowest BCUT2D eigenvalue weighted by Gasteiger charge is -2.30. The van der Waals surface area contributed by atoms with Crippen LogP contribution in [0.3, 0.4) is 0 Å². The number of ether oxygens (including phenoxy) is 4. The standard InChI is InChI=1S/C30H42N2O8/c1-16-12-21-25(34)22(15-23(33)28(21)39-8)32-29(35)18(3)11-9-10-17(2)26(40-30(31)36)19(4)14-20(5)27(38-7)24(13-16)37-6/h9-12,14-15,17,20,24,26-27,33-34H,13H2,1-8H3,(H2,31,36)(H,32,35)/t17-,20-,24-,26+,27+/m0/s1. The van der Waals surface area contributed by atoms with Gasteiger partial charge in [0.2, 0.25) is 0 Å². The quantitative estimate of drug-likeness (QED) is 0.227. The van der Waals surface area contributed by atoms with E-state index in [1.54, 1.807) is 45.4 Å². The lowest BCUT2D eigenvalue weighted by atomic mass is 9.89. The molecule has 0 spiro atoms. The zero-order valence-electron chi connectivity index (χ0n) is 24.5. The monoisotopic (exact) mass is 558 g/mol. The van der Waals surface area contributed by atoms with E-state index in [1.807, 2.05) is 33.8 Å². The van der Waals surface area contributed by atoms with Gasteiger partial charge in [0.1, 0.15) is 11.9 Å². The van der Waals surface area contributed by atoms with Crippen molar-refractivity contribution in [2.24, 2.45) is 17.6 Å². The summed E-state index contributed by atoms with van der Waals surface area (Å²) in [7, 11) is 4.57. The van der Waals surface area contributed by atoms with E-state index >= 15 is 0 Å². The fraction of sp³-hybridized carbons (Fsp3) is 0.467. The average Bonchev–Trinajstić information content (AvgIpc) is 2.88. The van der Waals surface area contributed by atoms with Crippen molar-refractivity contribution in [3.63, 3.8) is 0 Å². The van der Waals surface area contributed by atoms with Gasteiger partial charge >= 0.3 is 6.09 Å². The molecule has 2 bridgehead atoms. The van der Waals surface area contributed by atoms with Crippen LogP contribution in [-0.4, -0.2) is 61.9 Å². The number of fused-ring (bicyclic) bond motifs is 2. The molecule has 40 heavy (non-hydrogen) atoms. The van der Waals surface area contributed by atoms with Crippen molar-refractivity contribution < 1.29 is 38.7 Å². The summed E-state index contributed by atoms with van der Waals surface area (Å²) in [5.41, 5.74) is 7.52. The summed E-state index contributed by atoms with van der Waals surface area (Å²) >= 11 is 0. The van der Waals surface area contributed by atoms with Crippen molar-refractivity contribution in [2.75, 3.05) is 26.6 Å². The maximum atomic E-state index is 12.9. The second kappa shape index (κ2) is 14.6. The normalized spacial score (nSPS) is 24.9. The fourth-order valence-electron chi connectivity index (χ4n) is 4.88. The second-order valence-corrected chi connectivity index (χ2v) is 10.1. The topological polar surface area (TPSA) is 150 Å². The van der Waals surface area contributed by atoms with Crippen molar-refractivity contribution >= 4 is 23.8 Å². The Morgan fingerprint density at radius 2 is 1.75 bits per heavy atom. The smallest absolute Gasteiger partial charge is 0.405 e. The van der Waals surface area contributed by atoms with Gasteiger partial charge in [0.15, 0.2) is 11.5 Å². The summed E-state index contributed by atoms with van der Waals surface area (Å²) in [5.74, 6) is -1.36. The Kier molecular flexibility index (Phi) is 11.8. The number of hydrogen-bond donors (Lipinski definition) is 4. The first kappa shape index (κ1) is 32.5. The lowest BCUT2D eigenvalue weighted by Crippen LogP contribution is -2.36. The summed E-state index contributed by atoms with van der Waals surface area (Å²) in [4.78, 5) is 24.6. The molecule has 1 heterocycles. The highest BCUT2D eigenvalue weighted by Crippen LogP contribution is 2.43. The number of carbonyl (C=O) groups is 2. The van der Waals surface area contributed by atoms with Gasteiger partial charge < -0.3 is 40.2 Å². The SMILES string of the molecule is COc1c(O)cc2c(O)c1C=C(C)C[C@H](OC)[C@H](OC)[C@@H](C)C=C(C)[C@H](OC(N)=O)[C@@H](C)C=CC=C(C)C(=O)N2. The molecular formula is C30H42N2O8. The fourth-order valence-corrected chi connectivity index (χ4v) is 4.88. The number of phenols is 2. The molecule has 0 saturated carbocycles. The van der Waals surface area contributed by atoms with Gasteiger partial charge in [-0.2, -0.15) is 0 Å². The predicted molar refractivity (Wildman–Crippen MR) is 154 cm³/mol. The Hall–Kier alpha value is -3.76. The molecule has 5 atom stereocenters. The molecule has 1 aromatic rings. The highest BCUT2D eigenvalue weighted by atomic mass is 16.6. The number of hydrogen-bond acceptors (Lipinski definition) is 8. The summed E-state index contributed by atoms with van der Waals surface area (Å²) in [6.45, 7) is 9.17. The highest BCUT2D eigenvalue weighted by Gasteiger charge is 2.29. The maximum absolute atomic E-state index is 12.9. The van der Waals surface area contributed by atoms with Crippen LogP contribution in [0.1, 0.15) is 46.6 Å². The number of aromatic hydroxyl groups is 2. The predicted octanol–water partition coefficient (Wildman–Crippen LogP) is 5.07. The summed E-state index contributed by atoms with van der Waals surface area (Å²) in [5, 5.41) is 24.3. The molecular weight excluding hydrogens is 516 g/mol. The number of nitrogens with one attached hydrogen (secondary N) is 1. The third-order valence-electron chi connectivity index (χ3n) is 6.91. The Balaban J connectivity index is 2.72. The number of benzene rings is 1. The van der Waals surface area contributed by atoms with Crippen LogP contribution in [0.2, 0.25) is 0 Å². The third kappa shape index (κ3) is 8.12. The van der Waals surface area contributed by atoms with Gasteiger partial charge in [-0.1, -0.05) is 43.7 Å². The molecule has 0 radical (unpaired) electrons. The second-order valence-electron chi connectivity index (χ2n) is 10.1. The van der Waals surface area contributed by atoms with Crippen LogP contribution >= 0.6 is 0 Å². The number of amides is 2. The molecule has 1 aliphatic rings. The molecule has 10 heteroatoms. The van der Waals surface area contributed by atoms with E-state index in [4.69, 9.17) is 24.7 Å². The van der Waals surface area contributed by atoms with Gasteiger partial charge in [0.25, 0.3) is 5.91 Å². The number of primary amides is 1. The lowest BCUT2D eigenvalue weighted by molar-refractivity contribution is -0.112. The molecule has 0 unspecified atom stereocenters. The molecule has 0 fully saturated rings. The molecule has 1 aliphatic heterocycles. The number of rotatable bonds is 4. The molecule has 2 rings (SSSR count). The van der Waals surface area contributed by atoms with Gasteiger partial charge in [-0.05, 0) is 38.8 Å². The Bertz CT molecular complexity index is 1200. The van der Waals surface area contributed by atoms with Crippen LogP contribution in [0.4, 0.5) is 10.5 Å². The number of nitrogens with two attached hydrogens (primary N) is 1. The van der Waals surface area contributed by atoms with Gasteiger partial charge in [-0.25, -0.2) is 4.79 Å². The van der Waals surface area contributed by atoms with Crippen LogP contribution in [0.5, 0.6) is 17.2 Å². The van der Waals surface area contributed by atoms with Crippen molar-refractivity contribution in [1.29, 1.82) is 0 Å². The Morgan fingerprint density at radius 1 is 1.07 bits per heavy atom. The van der Waals surface area contributed by atoms with Crippen molar-refractivity contribution in [3.05, 3.63) is 52.7 Å². The number of carbonyl (C=O) groups excluding carboxylic acids is 2. The van der Waals surface area contributed by atoms with Crippen LogP contribution in [0, 0.1) is 11.8 Å². The molecule has 5 N–H and O–H groups in total. The van der Waals surface area contributed by atoms with Gasteiger partial charge in [-0.15, -0.1) is 0 Å². The molecule has 0 aromatic heterocycles. The Morgan fingerprint density at radius 3 is 2.33 bits per heavy atom. The van der Waals surface area contributed by atoms with Gasteiger partial charge in [-0.3, -0.25) is 4.79 Å². The van der Waals surface area contributed by atoms with Gasteiger partial charge in [0.05, 0.1) is 30.6 Å².